The van der Waals surface area contributed by atoms with Crippen LogP contribution in [0.3, 0.4) is 0 Å². The first-order valence-corrected chi connectivity index (χ1v) is 9.47. The van der Waals surface area contributed by atoms with Crippen molar-refractivity contribution < 1.29 is 4.79 Å². The smallest absolute Gasteiger partial charge is 0.266 e. The van der Waals surface area contributed by atoms with Crippen LogP contribution in [0.5, 0.6) is 0 Å². The molecule has 2 heterocycles. The number of amides is 1. The highest BCUT2D eigenvalue weighted by Crippen LogP contribution is 2.27. The summed E-state index contributed by atoms with van der Waals surface area (Å²) in [5.74, 6) is 0.766. The summed E-state index contributed by atoms with van der Waals surface area (Å²) in [5.41, 5.74) is 1.38. The third-order valence-corrected chi connectivity index (χ3v) is 4.97. The summed E-state index contributed by atoms with van der Waals surface area (Å²) in [6.45, 7) is 0.773. The first-order valence-electron chi connectivity index (χ1n) is 9.47. The molecule has 0 radical (unpaired) electrons. The van der Waals surface area contributed by atoms with Crippen LogP contribution in [-0.4, -0.2) is 27.2 Å². The number of pyridine rings is 1. The van der Waals surface area contributed by atoms with Gasteiger partial charge in [-0.2, -0.15) is 5.10 Å². The van der Waals surface area contributed by atoms with Crippen molar-refractivity contribution in [1.29, 1.82) is 0 Å². The number of aromatic nitrogens is 3. The molecule has 1 N–H and O–H groups in total. The van der Waals surface area contributed by atoms with Gasteiger partial charge in [0.05, 0.1) is 12.2 Å². The van der Waals surface area contributed by atoms with Gasteiger partial charge in [0.15, 0.2) is 0 Å². The van der Waals surface area contributed by atoms with E-state index in [1.165, 1.54) is 42.9 Å². The predicted octanol–water partition coefficient (Wildman–Crippen LogP) is 2.78. The average molecular weight is 354 g/mol. The lowest BCUT2D eigenvalue weighted by Gasteiger charge is -2.21. The van der Waals surface area contributed by atoms with E-state index in [2.05, 4.69) is 15.4 Å². The molecule has 1 aliphatic carbocycles. The molecule has 2 aromatic rings. The van der Waals surface area contributed by atoms with Crippen LogP contribution in [0, 0.1) is 5.92 Å². The monoisotopic (exact) mass is 354 g/mol. The molecule has 0 unspecified atom stereocenters. The summed E-state index contributed by atoms with van der Waals surface area (Å²) in [6.07, 6.45) is 11.4. The molecule has 1 aliphatic rings. The summed E-state index contributed by atoms with van der Waals surface area (Å²) in [6, 6.07) is 6.93. The van der Waals surface area contributed by atoms with E-state index >= 15 is 0 Å². The maximum atomic E-state index is 12.0. The Morgan fingerprint density at radius 1 is 1.19 bits per heavy atom. The average Bonchev–Trinajstić information content (AvgIpc) is 2.69. The Kier molecular flexibility index (Phi) is 6.52. The Balaban J connectivity index is 1.48. The summed E-state index contributed by atoms with van der Waals surface area (Å²) in [4.78, 5) is 28.1. The van der Waals surface area contributed by atoms with Gasteiger partial charge in [-0.15, -0.1) is 0 Å². The molecule has 1 amide bonds. The third kappa shape index (κ3) is 5.25. The Labute approximate surface area is 153 Å². The minimum absolute atomic E-state index is 0.0621. The van der Waals surface area contributed by atoms with E-state index in [0.717, 1.165) is 12.0 Å². The van der Waals surface area contributed by atoms with Crippen molar-refractivity contribution in [2.45, 2.75) is 51.5 Å². The van der Waals surface area contributed by atoms with E-state index in [1.807, 2.05) is 12.1 Å². The van der Waals surface area contributed by atoms with Gasteiger partial charge < -0.3 is 5.32 Å². The zero-order chi connectivity index (χ0) is 18.2. The van der Waals surface area contributed by atoms with Crippen molar-refractivity contribution in [2.75, 3.05) is 6.54 Å². The zero-order valence-electron chi connectivity index (χ0n) is 15.1. The van der Waals surface area contributed by atoms with E-state index in [9.17, 15) is 9.59 Å². The van der Waals surface area contributed by atoms with E-state index in [-0.39, 0.29) is 11.5 Å². The van der Waals surface area contributed by atoms with Crippen molar-refractivity contribution >= 4 is 5.91 Å². The molecular weight excluding hydrogens is 328 g/mol. The van der Waals surface area contributed by atoms with Gasteiger partial charge in [0, 0.05) is 37.0 Å². The molecule has 0 saturated heterocycles. The van der Waals surface area contributed by atoms with Crippen molar-refractivity contribution in [2.24, 2.45) is 5.92 Å². The molecule has 0 aromatic carbocycles. The van der Waals surface area contributed by atoms with E-state index in [4.69, 9.17) is 0 Å². The lowest BCUT2D eigenvalue weighted by Crippen LogP contribution is -2.32. The first-order chi connectivity index (χ1) is 12.7. The van der Waals surface area contributed by atoms with E-state index in [0.29, 0.717) is 31.1 Å². The van der Waals surface area contributed by atoms with Crippen LogP contribution >= 0.6 is 0 Å². The Bertz CT molecular complexity index is 767. The molecule has 6 nitrogen and oxygen atoms in total. The van der Waals surface area contributed by atoms with Gasteiger partial charge in [-0.3, -0.25) is 14.6 Å². The highest BCUT2D eigenvalue weighted by atomic mass is 16.1. The molecule has 26 heavy (non-hydrogen) atoms. The number of nitrogens with one attached hydrogen (secondary N) is 1. The summed E-state index contributed by atoms with van der Waals surface area (Å²) >= 11 is 0. The Morgan fingerprint density at radius 3 is 2.81 bits per heavy atom. The standard InChI is InChI=1S/C20H26N4O2/c25-19(10-8-16-5-2-1-3-6-16)22-13-14-24-20(26)11-9-18(23-24)17-7-4-12-21-15-17/h4,7,9,11-12,15-16H,1-3,5-6,8,10,13-14H2,(H,22,25). The third-order valence-electron chi connectivity index (χ3n) is 4.97. The number of hydrogen-bond acceptors (Lipinski definition) is 4. The van der Waals surface area contributed by atoms with Crippen LogP contribution in [0.25, 0.3) is 11.3 Å². The topological polar surface area (TPSA) is 76.9 Å². The second kappa shape index (κ2) is 9.27. The minimum atomic E-state index is -0.172. The second-order valence-electron chi connectivity index (χ2n) is 6.91. The molecule has 0 atom stereocenters. The minimum Gasteiger partial charge on any atom is -0.354 e. The lowest BCUT2D eigenvalue weighted by atomic mass is 9.86. The van der Waals surface area contributed by atoms with Crippen molar-refractivity contribution in [3.8, 4) is 11.3 Å². The number of hydrogen-bond donors (Lipinski definition) is 1. The largest absolute Gasteiger partial charge is 0.354 e. The Hall–Kier alpha value is -2.50. The number of nitrogens with zero attached hydrogens (tertiary/aromatic N) is 3. The molecule has 0 aliphatic heterocycles. The van der Waals surface area contributed by atoms with Gasteiger partial charge in [0.2, 0.25) is 5.91 Å². The van der Waals surface area contributed by atoms with Gasteiger partial charge in [-0.05, 0) is 30.5 Å². The molecule has 138 valence electrons. The van der Waals surface area contributed by atoms with Crippen LogP contribution in [0.1, 0.15) is 44.9 Å². The number of carbonyl (C=O) groups excluding carboxylic acids is 1. The molecular formula is C20H26N4O2. The summed E-state index contributed by atoms with van der Waals surface area (Å²) < 4.78 is 1.39. The highest BCUT2D eigenvalue weighted by molar-refractivity contribution is 5.75. The SMILES string of the molecule is O=C(CCC1CCCCC1)NCCn1nc(-c2cccnc2)ccc1=O. The van der Waals surface area contributed by atoms with Crippen molar-refractivity contribution in [1.82, 2.24) is 20.1 Å². The van der Waals surface area contributed by atoms with E-state index in [1.54, 1.807) is 18.5 Å². The molecule has 2 aromatic heterocycles. The van der Waals surface area contributed by atoms with Crippen LogP contribution in [-0.2, 0) is 11.3 Å². The summed E-state index contributed by atoms with van der Waals surface area (Å²) in [5, 5.41) is 7.28. The normalized spacial score (nSPS) is 14.9. The Morgan fingerprint density at radius 2 is 2.04 bits per heavy atom. The van der Waals surface area contributed by atoms with Gasteiger partial charge in [-0.1, -0.05) is 32.1 Å². The molecule has 0 bridgehead atoms. The van der Waals surface area contributed by atoms with Crippen molar-refractivity contribution in [3.05, 3.63) is 47.0 Å². The van der Waals surface area contributed by atoms with Crippen LogP contribution in [0.15, 0.2) is 41.5 Å². The number of rotatable bonds is 7. The second-order valence-corrected chi connectivity index (χ2v) is 6.91. The van der Waals surface area contributed by atoms with Gasteiger partial charge in [0.1, 0.15) is 0 Å². The summed E-state index contributed by atoms with van der Waals surface area (Å²) in [7, 11) is 0. The quantitative estimate of drug-likeness (QED) is 0.829. The van der Waals surface area contributed by atoms with Crippen LogP contribution < -0.4 is 10.9 Å². The van der Waals surface area contributed by atoms with Gasteiger partial charge >= 0.3 is 0 Å². The maximum Gasteiger partial charge on any atom is 0.266 e. The maximum absolute atomic E-state index is 12.0. The fraction of sp³-hybridized carbons (Fsp3) is 0.500. The van der Waals surface area contributed by atoms with E-state index < -0.39 is 0 Å². The fourth-order valence-electron chi connectivity index (χ4n) is 3.48. The number of carbonyl (C=O) groups is 1. The van der Waals surface area contributed by atoms with Crippen molar-refractivity contribution in [3.63, 3.8) is 0 Å². The van der Waals surface area contributed by atoms with Crippen LogP contribution in [0.2, 0.25) is 0 Å². The predicted molar refractivity (Wildman–Crippen MR) is 101 cm³/mol. The first kappa shape index (κ1) is 18.3. The highest BCUT2D eigenvalue weighted by Gasteiger charge is 2.14. The molecule has 6 heteroatoms. The van der Waals surface area contributed by atoms with Gasteiger partial charge in [-0.25, -0.2) is 4.68 Å². The van der Waals surface area contributed by atoms with Crippen LogP contribution in [0.4, 0.5) is 0 Å². The molecule has 1 fully saturated rings. The zero-order valence-corrected chi connectivity index (χ0v) is 15.1. The molecule has 0 spiro atoms. The molecule has 3 rings (SSSR count). The lowest BCUT2D eigenvalue weighted by molar-refractivity contribution is -0.121. The van der Waals surface area contributed by atoms with Gasteiger partial charge in [0.25, 0.3) is 5.56 Å². The molecule has 1 saturated carbocycles. The fourth-order valence-corrected chi connectivity index (χ4v) is 3.48.